The van der Waals surface area contributed by atoms with Gasteiger partial charge < -0.3 is 26.2 Å². The summed E-state index contributed by atoms with van der Waals surface area (Å²) in [6, 6.07) is 7.82. The number of nitrogens with one attached hydrogen (secondary N) is 2. The number of benzene rings is 1. The molecule has 10 heteroatoms. The lowest BCUT2D eigenvalue weighted by molar-refractivity contribution is -0.149. The van der Waals surface area contributed by atoms with Gasteiger partial charge in [-0.15, -0.1) is 0 Å². The van der Waals surface area contributed by atoms with Gasteiger partial charge >= 0.3 is 5.97 Å². The van der Waals surface area contributed by atoms with E-state index in [4.69, 9.17) is 10.5 Å². The Morgan fingerprint density at radius 3 is 2.33 bits per heavy atom. The van der Waals surface area contributed by atoms with Gasteiger partial charge in [0.15, 0.2) is 11.6 Å². The van der Waals surface area contributed by atoms with E-state index in [2.05, 4.69) is 17.2 Å². The predicted octanol–water partition coefficient (Wildman–Crippen LogP) is 1.78. The van der Waals surface area contributed by atoms with Crippen LogP contribution in [-0.2, 0) is 30.5 Å². The van der Waals surface area contributed by atoms with Crippen molar-refractivity contribution in [3.05, 3.63) is 48.3 Å². The van der Waals surface area contributed by atoms with Crippen molar-refractivity contribution in [3.8, 4) is 0 Å². The van der Waals surface area contributed by atoms with Crippen LogP contribution in [0.2, 0.25) is 0 Å². The van der Waals surface area contributed by atoms with Crippen LogP contribution in [0.3, 0.4) is 0 Å². The van der Waals surface area contributed by atoms with Gasteiger partial charge in [0, 0.05) is 18.9 Å². The fourth-order valence-electron chi connectivity index (χ4n) is 3.58. The van der Waals surface area contributed by atoms with Crippen molar-refractivity contribution in [2.45, 2.75) is 52.2 Å². The normalized spacial score (nSPS) is 13.4. The van der Waals surface area contributed by atoms with Crippen LogP contribution in [0.1, 0.15) is 45.1 Å². The molecule has 1 amide bonds. The molecular weight excluding hydrogens is 469 g/mol. The van der Waals surface area contributed by atoms with E-state index in [1.165, 1.54) is 0 Å². The first-order chi connectivity index (χ1) is 17.1. The van der Waals surface area contributed by atoms with Crippen LogP contribution >= 0.6 is 0 Å². The van der Waals surface area contributed by atoms with Crippen LogP contribution in [0.25, 0.3) is 0 Å². The van der Waals surface area contributed by atoms with E-state index in [-0.39, 0.29) is 37.6 Å². The second-order valence-electron chi connectivity index (χ2n) is 9.01. The van der Waals surface area contributed by atoms with E-state index in [0.29, 0.717) is 13.0 Å². The van der Waals surface area contributed by atoms with Gasteiger partial charge in [-0.2, -0.15) is 0 Å². The molecule has 0 radical (unpaired) electrons. The van der Waals surface area contributed by atoms with Crippen LogP contribution in [0.5, 0.6) is 0 Å². The number of Topliss-reactive ketones (excluding diaryl/α,β-unsaturated/α-hetero) is 2. The third-order valence-corrected chi connectivity index (χ3v) is 5.77. The van der Waals surface area contributed by atoms with Crippen LogP contribution < -0.4 is 16.4 Å². The second-order valence-corrected chi connectivity index (χ2v) is 9.01. The first kappa shape index (κ1) is 30.8. The van der Waals surface area contributed by atoms with Gasteiger partial charge in [0.1, 0.15) is 19.3 Å². The third-order valence-electron chi connectivity index (χ3n) is 5.77. The average Bonchev–Trinajstić information content (AvgIpc) is 2.85. The molecule has 0 aliphatic rings. The van der Waals surface area contributed by atoms with E-state index in [9.17, 15) is 28.7 Å². The smallest absolute Gasteiger partial charge is 0.306 e. The van der Waals surface area contributed by atoms with Gasteiger partial charge in [0.2, 0.25) is 5.91 Å². The minimum absolute atomic E-state index is 0.0722. The highest BCUT2D eigenvalue weighted by atomic mass is 19.1. The van der Waals surface area contributed by atoms with Gasteiger partial charge in [-0.3, -0.25) is 19.2 Å². The molecule has 0 aromatic heterocycles. The molecular formula is C26H38FN3O6. The van der Waals surface area contributed by atoms with Gasteiger partial charge in [0.25, 0.3) is 0 Å². The highest BCUT2D eigenvalue weighted by Crippen LogP contribution is 2.19. The largest absolute Gasteiger partial charge is 0.461 e. The van der Waals surface area contributed by atoms with Crippen molar-refractivity contribution in [3.63, 3.8) is 0 Å². The number of carbonyl (C=O) groups is 4. The summed E-state index contributed by atoms with van der Waals surface area (Å²) in [4.78, 5) is 50.0. The highest BCUT2D eigenvalue weighted by molar-refractivity contribution is 5.94. The van der Waals surface area contributed by atoms with Crippen molar-refractivity contribution in [1.82, 2.24) is 10.6 Å². The maximum Gasteiger partial charge on any atom is 0.306 e. The fraction of sp³-hybridized carbons (Fsp3) is 0.538. The number of hydrogen-bond donors (Lipinski definition) is 4. The van der Waals surface area contributed by atoms with Crippen LogP contribution in [-0.4, -0.2) is 54.4 Å². The molecule has 1 aromatic carbocycles. The van der Waals surface area contributed by atoms with Gasteiger partial charge in [-0.1, -0.05) is 50.8 Å². The number of carbonyl (C=O) groups excluding carboxylic acids is 4. The molecule has 0 fully saturated rings. The third kappa shape index (κ3) is 11.4. The van der Waals surface area contributed by atoms with Crippen molar-refractivity contribution in [1.29, 1.82) is 0 Å². The molecule has 1 aromatic rings. The maximum atomic E-state index is 13.0. The average molecular weight is 508 g/mol. The first-order valence-electron chi connectivity index (χ1n) is 12.0. The number of nitrogens with two attached hydrogens (primary N) is 1. The Morgan fingerprint density at radius 2 is 1.78 bits per heavy atom. The standard InChI is InChI=1S/C26H38FN3O6/c1-17(2)21(13-25(34)36-16-19-8-5-4-6-9-19)26(35)30-22(15-31)23(32)12-20(24(33)14-27)10-7-11-29-18(3)28/h4-6,8-9,17,20-22,29,31H,3,7,10-16,28H2,1-2H3,(H,30,35)/t20-,21+,22+/m1/s1. The number of amides is 1. The zero-order chi connectivity index (χ0) is 27.1. The van der Waals surface area contributed by atoms with Gasteiger partial charge in [-0.25, -0.2) is 4.39 Å². The molecule has 0 saturated heterocycles. The first-order valence-corrected chi connectivity index (χ1v) is 12.0. The monoisotopic (exact) mass is 507 g/mol. The second kappa shape index (κ2) is 16.4. The van der Waals surface area contributed by atoms with E-state index in [1.54, 1.807) is 13.8 Å². The number of aliphatic hydroxyl groups is 1. The number of rotatable bonds is 18. The molecule has 0 aliphatic carbocycles. The quantitative estimate of drug-likeness (QED) is 0.174. The van der Waals surface area contributed by atoms with Crippen molar-refractivity contribution >= 4 is 23.4 Å². The molecule has 9 nitrogen and oxygen atoms in total. The zero-order valence-electron chi connectivity index (χ0n) is 21.0. The molecule has 0 heterocycles. The predicted molar refractivity (Wildman–Crippen MR) is 133 cm³/mol. The van der Waals surface area contributed by atoms with Crippen molar-refractivity contribution in [2.24, 2.45) is 23.5 Å². The molecule has 0 aliphatic heterocycles. The minimum Gasteiger partial charge on any atom is -0.461 e. The molecule has 0 bridgehead atoms. The summed E-state index contributed by atoms with van der Waals surface area (Å²) < 4.78 is 18.3. The van der Waals surface area contributed by atoms with Crippen molar-refractivity contribution in [2.75, 3.05) is 19.8 Å². The molecule has 36 heavy (non-hydrogen) atoms. The molecule has 200 valence electrons. The Bertz CT molecular complexity index is 878. The van der Waals surface area contributed by atoms with E-state index < -0.39 is 54.6 Å². The summed E-state index contributed by atoms with van der Waals surface area (Å²) in [6.45, 7) is 5.56. The summed E-state index contributed by atoms with van der Waals surface area (Å²) in [5.74, 6) is -4.17. The topological polar surface area (TPSA) is 148 Å². The Labute approximate surface area is 211 Å². The molecule has 5 N–H and O–H groups in total. The summed E-state index contributed by atoms with van der Waals surface area (Å²) in [6.07, 6.45) is 0.133. The maximum absolute atomic E-state index is 13.0. The lowest BCUT2D eigenvalue weighted by Crippen LogP contribution is -2.48. The van der Waals surface area contributed by atoms with Crippen LogP contribution in [0.15, 0.2) is 42.7 Å². The lowest BCUT2D eigenvalue weighted by atomic mass is 9.89. The summed E-state index contributed by atoms with van der Waals surface area (Å²) in [7, 11) is 0. The Kier molecular flexibility index (Phi) is 14.0. The van der Waals surface area contributed by atoms with Crippen LogP contribution in [0.4, 0.5) is 4.39 Å². The molecule has 1 rings (SSSR count). The summed E-state index contributed by atoms with van der Waals surface area (Å²) in [5.41, 5.74) is 6.22. The molecule has 0 unspecified atom stereocenters. The van der Waals surface area contributed by atoms with Gasteiger partial charge in [-0.05, 0) is 24.3 Å². The Balaban J connectivity index is 2.72. The molecule has 0 spiro atoms. The molecule has 0 saturated carbocycles. The van der Waals surface area contributed by atoms with E-state index >= 15 is 0 Å². The van der Waals surface area contributed by atoms with E-state index in [1.807, 2.05) is 30.3 Å². The number of hydrogen-bond acceptors (Lipinski definition) is 8. The van der Waals surface area contributed by atoms with E-state index in [0.717, 1.165) is 5.56 Å². The summed E-state index contributed by atoms with van der Waals surface area (Å²) in [5, 5.41) is 15.0. The fourth-order valence-corrected chi connectivity index (χ4v) is 3.58. The van der Waals surface area contributed by atoms with Crippen LogP contribution in [0, 0.1) is 17.8 Å². The highest BCUT2D eigenvalue weighted by Gasteiger charge is 2.31. The number of ketones is 2. The lowest BCUT2D eigenvalue weighted by Gasteiger charge is -2.24. The SMILES string of the molecule is C=C(N)NCCC[C@H](CC(=O)[C@H](CO)NC(=O)[C@@H](CC(=O)OCc1ccccc1)C(C)C)C(=O)CF. The number of ether oxygens (including phenoxy) is 1. The number of halogens is 1. The minimum atomic E-state index is -1.28. The van der Waals surface area contributed by atoms with Crippen molar-refractivity contribution < 1.29 is 33.4 Å². The number of aliphatic hydroxyl groups excluding tert-OH is 1. The number of esters is 1. The van der Waals surface area contributed by atoms with Gasteiger partial charge in [0.05, 0.1) is 24.8 Å². The summed E-state index contributed by atoms with van der Waals surface area (Å²) >= 11 is 0. The number of alkyl halides is 1. The zero-order valence-corrected chi connectivity index (χ0v) is 21.0. The molecule has 3 atom stereocenters. The Morgan fingerprint density at radius 1 is 1.11 bits per heavy atom. The Hall–Kier alpha value is -3.27.